The van der Waals surface area contributed by atoms with Crippen LogP contribution in [0.3, 0.4) is 0 Å². The molecule has 7 heteroatoms. The third kappa shape index (κ3) is 3.25. The third-order valence-corrected chi connectivity index (χ3v) is 4.97. The van der Waals surface area contributed by atoms with Gasteiger partial charge in [0, 0.05) is 5.69 Å². The number of thioether (sulfide) groups is 1. The van der Waals surface area contributed by atoms with Crippen LogP contribution in [0.4, 0.5) is 10.5 Å². The topological polar surface area (TPSA) is 67.9 Å². The monoisotopic (exact) mass is 368 g/mol. The fourth-order valence-corrected chi connectivity index (χ4v) is 3.47. The number of amides is 2. The van der Waals surface area contributed by atoms with E-state index in [1.54, 1.807) is 18.2 Å². The highest BCUT2D eigenvalue weighted by Gasteiger charge is 2.34. The Balaban J connectivity index is 1.47. The summed E-state index contributed by atoms with van der Waals surface area (Å²) in [6.07, 6.45) is 1.69. The van der Waals surface area contributed by atoms with Crippen LogP contribution in [0.5, 0.6) is 11.5 Å². The van der Waals surface area contributed by atoms with Gasteiger partial charge < -0.3 is 14.8 Å². The average molecular weight is 368 g/mol. The van der Waals surface area contributed by atoms with Crippen molar-refractivity contribution in [2.45, 2.75) is 6.92 Å². The first kappa shape index (κ1) is 16.5. The zero-order valence-corrected chi connectivity index (χ0v) is 14.8. The standard InChI is InChI=1S/C19H16N2O4S/c1-12-2-5-14(6-3-12)20-10-21-18(22)17(26-19(21)23)9-13-4-7-15-16(8-13)25-11-24-15/h2-9,20H,10-11H2,1H3/b17-9-. The van der Waals surface area contributed by atoms with Crippen LogP contribution >= 0.6 is 11.8 Å². The third-order valence-electron chi connectivity index (χ3n) is 4.06. The number of anilines is 1. The highest BCUT2D eigenvalue weighted by molar-refractivity contribution is 8.18. The number of carbonyl (C=O) groups excluding carboxylic acids is 2. The van der Waals surface area contributed by atoms with E-state index in [4.69, 9.17) is 9.47 Å². The molecule has 4 rings (SSSR count). The van der Waals surface area contributed by atoms with Crippen molar-refractivity contribution in [2.75, 3.05) is 18.8 Å². The fraction of sp³-hybridized carbons (Fsp3) is 0.158. The van der Waals surface area contributed by atoms with Gasteiger partial charge in [0.1, 0.15) is 0 Å². The number of ether oxygens (including phenoxy) is 2. The minimum atomic E-state index is -0.308. The van der Waals surface area contributed by atoms with Crippen molar-refractivity contribution in [3.8, 4) is 11.5 Å². The highest BCUT2D eigenvalue weighted by Crippen LogP contribution is 2.36. The zero-order chi connectivity index (χ0) is 18.1. The lowest BCUT2D eigenvalue weighted by molar-refractivity contribution is -0.122. The molecule has 0 unspecified atom stereocenters. The summed E-state index contributed by atoms with van der Waals surface area (Å²) in [6.45, 7) is 2.33. The molecule has 0 aliphatic carbocycles. The maximum atomic E-state index is 12.5. The number of nitrogens with zero attached hydrogens (tertiary/aromatic N) is 1. The first-order valence-corrected chi connectivity index (χ1v) is 8.87. The first-order chi connectivity index (χ1) is 12.6. The summed E-state index contributed by atoms with van der Waals surface area (Å²) in [6, 6.07) is 13.2. The number of aryl methyl sites for hydroxylation is 1. The van der Waals surface area contributed by atoms with Crippen LogP contribution in [0, 0.1) is 6.92 Å². The molecule has 1 saturated heterocycles. The van der Waals surface area contributed by atoms with Crippen LogP contribution in [0.15, 0.2) is 47.4 Å². The van der Waals surface area contributed by atoms with Gasteiger partial charge in [-0.25, -0.2) is 0 Å². The summed E-state index contributed by atoms with van der Waals surface area (Å²) >= 11 is 0.934. The summed E-state index contributed by atoms with van der Waals surface area (Å²) in [5.74, 6) is 1.01. The second-order valence-corrected chi connectivity index (χ2v) is 6.92. The van der Waals surface area contributed by atoms with Gasteiger partial charge in [-0.05, 0) is 54.6 Å². The molecule has 0 radical (unpaired) electrons. The molecule has 0 atom stereocenters. The number of rotatable bonds is 4. The summed E-state index contributed by atoms with van der Waals surface area (Å²) in [4.78, 5) is 26.3. The smallest absolute Gasteiger partial charge is 0.295 e. The van der Waals surface area contributed by atoms with E-state index in [1.165, 1.54) is 4.90 Å². The average Bonchev–Trinajstić information content (AvgIpc) is 3.20. The van der Waals surface area contributed by atoms with Crippen molar-refractivity contribution in [3.63, 3.8) is 0 Å². The molecule has 1 N–H and O–H groups in total. The van der Waals surface area contributed by atoms with Crippen LogP contribution in [-0.2, 0) is 4.79 Å². The van der Waals surface area contributed by atoms with E-state index in [9.17, 15) is 9.59 Å². The van der Waals surface area contributed by atoms with Crippen molar-refractivity contribution in [2.24, 2.45) is 0 Å². The number of fused-ring (bicyclic) bond motifs is 1. The molecule has 2 aliphatic heterocycles. The maximum Gasteiger partial charge on any atom is 0.295 e. The quantitative estimate of drug-likeness (QED) is 0.828. The van der Waals surface area contributed by atoms with Gasteiger partial charge in [0.15, 0.2) is 11.5 Å². The largest absolute Gasteiger partial charge is 0.454 e. The van der Waals surface area contributed by atoms with Gasteiger partial charge in [0.25, 0.3) is 11.1 Å². The van der Waals surface area contributed by atoms with Crippen LogP contribution < -0.4 is 14.8 Å². The molecule has 26 heavy (non-hydrogen) atoms. The van der Waals surface area contributed by atoms with Gasteiger partial charge in [0.05, 0.1) is 11.6 Å². The Labute approximate surface area is 154 Å². The molecule has 0 bridgehead atoms. The number of imide groups is 1. The van der Waals surface area contributed by atoms with Gasteiger partial charge in [-0.2, -0.15) is 0 Å². The predicted octanol–water partition coefficient (Wildman–Crippen LogP) is 3.83. The molecule has 1 fully saturated rings. The second-order valence-electron chi connectivity index (χ2n) is 5.92. The number of nitrogens with one attached hydrogen (secondary N) is 1. The molecule has 0 aromatic heterocycles. The summed E-state index contributed by atoms with van der Waals surface area (Å²) in [7, 11) is 0. The Morgan fingerprint density at radius 3 is 2.69 bits per heavy atom. The van der Waals surface area contributed by atoms with Crippen LogP contribution in [0.1, 0.15) is 11.1 Å². The molecule has 0 spiro atoms. The molecule has 6 nitrogen and oxygen atoms in total. The van der Waals surface area contributed by atoms with Gasteiger partial charge >= 0.3 is 0 Å². The molecule has 0 saturated carbocycles. The minimum absolute atomic E-state index is 0.131. The SMILES string of the molecule is Cc1ccc(NCN2C(=O)S/C(=C\c3ccc4c(c3)OCO4)C2=O)cc1. The predicted molar refractivity (Wildman–Crippen MR) is 100 cm³/mol. The Morgan fingerprint density at radius 2 is 1.88 bits per heavy atom. The lowest BCUT2D eigenvalue weighted by Crippen LogP contribution is -2.33. The van der Waals surface area contributed by atoms with E-state index < -0.39 is 0 Å². The normalized spacial score (nSPS) is 17.3. The van der Waals surface area contributed by atoms with Crippen molar-refractivity contribution < 1.29 is 19.1 Å². The van der Waals surface area contributed by atoms with E-state index in [1.807, 2.05) is 37.3 Å². The lowest BCUT2D eigenvalue weighted by Gasteiger charge is -2.14. The van der Waals surface area contributed by atoms with Crippen LogP contribution in [-0.4, -0.2) is 29.5 Å². The fourth-order valence-electron chi connectivity index (χ4n) is 2.63. The number of hydrogen-bond donors (Lipinski definition) is 1. The Hall–Kier alpha value is -2.93. The Morgan fingerprint density at radius 1 is 1.12 bits per heavy atom. The van der Waals surface area contributed by atoms with Gasteiger partial charge in [-0.3, -0.25) is 14.5 Å². The number of benzene rings is 2. The van der Waals surface area contributed by atoms with Crippen molar-refractivity contribution in [3.05, 3.63) is 58.5 Å². The summed E-state index contributed by atoms with van der Waals surface area (Å²) in [5.41, 5.74) is 2.79. The second kappa shape index (κ2) is 6.76. The van der Waals surface area contributed by atoms with Crippen molar-refractivity contribution in [1.82, 2.24) is 4.90 Å². The molecular weight excluding hydrogens is 352 g/mol. The van der Waals surface area contributed by atoms with E-state index in [0.29, 0.717) is 16.4 Å². The Bertz CT molecular complexity index is 908. The maximum absolute atomic E-state index is 12.5. The van der Waals surface area contributed by atoms with Crippen LogP contribution in [0.25, 0.3) is 6.08 Å². The van der Waals surface area contributed by atoms with E-state index in [0.717, 1.165) is 28.6 Å². The highest BCUT2D eigenvalue weighted by atomic mass is 32.2. The Kier molecular flexibility index (Phi) is 4.30. The van der Waals surface area contributed by atoms with E-state index in [-0.39, 0.29) is 24.6 Å². The summed E-state index contributed by atoms with van der Waals surface area (Å²) in [5, 5.41) is 2.81. The van der Waals surface area contributed by atoms with Crippen LogP contribution in [0.2, 0.25) is 0 Å². The molecular formula is C19H16N2O4S. The zero-order valence-electron chi connectivity index (χ0n) is 14.0. The molecule has 2 aliphatic rings. The van der Waals surface area contributed by atoms with Crippen molar-refractivity contribution >= 4 is 34.7 Å². The van der Waals surface area contributed by atoms with Gasteiger partial charge in [-0.15, -0.1) is 0 Å². The molecule has 2 aromatic rings. The molecule has 2 aromatic carbocycles. The van der Waals surface area contributed by atoms with Gasteiger partial charge in [-0.1, -0.05) is 23.8 Å². The number of carbonyl (C=O) groups is 2. The first-order valence-electron chi connectivity index (χ1n) is 8.06. The number of hydrogen-bond acceptors (Lipinski definition) is 6. The summed E-state index contributed by atoms with van der Waals surface area (Å²) < 4.78 is 10.6. The lowest BCUT2D eigenvalue weighted by atomic mass is 10.2. The van der Waals surface area contributed by atoms with E-state index >= 15 is 0 Å². The molecule has 2 heterocycles. The minimum Gasteiger partial charge on any atom is -0.454 e. The van der Waals surface area contributed by atoms with Gasteiger partial charge in [0.2, 0.25) is 6.79 Å². The molecule has 132 valence electrons. The van der Waals surface area contributed by atoms with Crippen molar-refractivity contribution in [1.29, 1.82) is 0 Å². The van der Waals surface area contributed by atoms with E-state index in [2.05, 4.69) is 5.32 Å². The molecule has 2 amide bonds.